The molecular weight excluding hydrogens is 362 g/mol. The molecule has 0 unspecified atom stereocenters. The van der Waals surface area contributed by atoms with Crippen molar-refractivity contribution in [1.82, 2.24) is 0 Å². The third-order valence-electron chi connectivity index (χ3n) is 5.95. The average molecular weight is 403 g/mol. The number of Topliss-reactive ketones (excluding diaryl/α,β-unsaturated/α-hetero) is 1. The van der Waals surface area contributed by atoms with Gasteiger partial charge < -0.3 is 5.11 Å². The van der Waals surface area contributed by atoms with Crippen molar-refractivity contribution in [3.05, 3.63) is 0 Å². The summed E-state index contributed by atoms with van der Waals surface area (Å²) in [4.78, 5) is 22.4. The molecule has 0 atom stereocenters. The predicted molar refractivity (Wildman–Crippen MR) is 109 cm³/mol. The first-order valence-electron chi connectivity index (χ1n) is 11.5. The van der Waals surface area contributed by atoms with Crippen LogP contribution in [0, 0.1) is 5.92 Å². The van der Waals surface area contributed by atoms with Crippen molar-refractivity contribution in [2.75, 3.05) is 0 Å². The van der Waals surface area contributed by atoms with Crippen LogP contribution in [0.4, 0.5) is 8.78 Å². The Morgan fingerprint density at radius 1 is 0.714 bits per heavy atom. The van der Waals surface area contributed by atoms with Gasteiger partial charge in [0.1, 0.15) is 5.78 Å². The zero-order valence-corrected chi connectivity index (χ0v) is 17.5. The highest BCUT2D eigenvalue weighted by molar-refractivity contribution is 5.78. The summed E-state index contributed by atoms with van der Waals surface area (Å²) in [6.07, 6.45) is 16.0. The summed E-state index contributed by atoms with van der Waals surface area (Å²) < 4.78 is 26.2. The molecule has 0 amide bonds. The summed E-state index contributed by atoms with van der Waals surface area (Å²) in [6, 6.07) is 0. The summed E-state index contributed by atoms with van der Waals surface area (Å²) in [7, 11) is 0. The molecule has 0 saturated heterocycles. The SMILES string of the molecule is O=C(O)CCCCCCCCCCCCCCC(=O)CC1CCC(F)(F)CC1. The molecule has 1 aliphatic rings. The molecule has 3 nitrogen and oxygen atoms in total. The third kappa shape index (κ3) is 14.1. The molecule has 1 rings (SSSR count). The second-order valence-electron chi connectivity index (χ2n) is 8.68. The zero-order valence-electron chi connectivity index (χ0n) is 17.5. The molecule has 0 heterocycles. The topological polar surface area (TPSA) is 54.4 Å². The van der Waals surface area contributed by atoms with Crippen molar-refractivity contribution >= 4 is 11.8 Å². The standard InChI is InChI=1S/C23H40F2O3/c24-23(25)17-15-20(16-18-23)19-21(26)13-11-9-7-5-3-1-2-4-6-8-10-12-14-22(27)28/h20H,1-19H2,(H,27,28). The normalized spacial score (nSPS) is 16.9. The maximum Gasteiger partial charge on any atom is 0.303 e. The Bertz CT molecular complexity index is 428. The molecule has 0 bridgehead atoms. The first-order valence-corrected chi connectivity index (χ1v) is 11.5. The number of carbonyl (C=O) groups is 2. The molecule has 0 radical (unpaired) electrons. The average Bonchev–Trinajstić information content (AvgIpc) is 2.63. The Labute approximate surface area is 169 Å². The molecule has 0 aromatic carbocycles. The van der Waals surface area contributed by atoms with Crippen LogP contribution >= 0.6 is 0 Å². The van der Waals surface area contributed by atoms with E-state index in [1.54, 1.807) is 0 Å². The lowest BCUT2D eigenvalue weighted by Gasteiger charge is -2.27. The Kier molecular flexibility index (Phi) is 13.3. The van der Waals surface area contributed by atoms with Gasteiger partial charge in [0, 0.05) is 32.1 Å². The number of unbranched alkanes of at least 4 members (excludes halogenated alkanes) is 11. The summed E-state index contributed by atoms with van der Waals surface area (Å²) in [5, 5.41) is 8.56. The van der Waals surface area contributed by atoms with E-state index in [0.29, 0.717) is 32.1 Å². The maximum atomic E-state index is 13.1. The lowest BCUT2D eigenvalue weighted by molar-refractivity contribution is -0.137. The predicted octanol–water partition coefficient (Wildman–Crippen LogP) is 7.32. The number of ketones is 1. The molecule has 0 spiro atoms. The maximum absolute atomic E-state index is 13.1. The minimum atomic E-state index is -2.50. The van der Waals surface area contributed by atoms with E-state index in [1.165, 1.54) is 44.9 Å². The van der Waals surface area contributed by atoms with Gasteiger partial charge in [-0.2, -0.15) is 0 Å². The number of halogens is 2. The number of rotatable bonds is 17. The van der Waals surface area contributed by atoms with Crippen LogP contribution in [0.3, 0.4) is 0 Å². The monoisotopic (exact) mass is 402 g/mol. The second-order valence-corrected chi connectivity index (χ2v) is 8.68. The van der Waals surface area contributed by atoms with Gasteiger partial charge in [-0.05, 0) is 31.6 Å². The van der Waals surface area contributed by atoms with Crippen molar-refractivity contribution in [3.8, 4) is 0 Å². The highest BCUT2D eigenvalue weighted by Gasteiger charge is 2.35. The molecule has 0 aromatic heterocycles. The molecule has 5 heteroatoms. The largest absolute Gasteiger partial charge is 0.481 e. The molecule has 164 valence electrons. The van der Waals surface area contributed by atoms with Crippen LogP contribution in [0.25, 0.3) is 0 Å². The van der Waals surface area contributed by atoms with E-state index in [2.05, 4.69) is 0 Å². The van der Waals surface area contributed by atoms with Gasteiger partial charge >= 0.3 is 5.97 Å². The van der Waals surface area contributed by atoms with Crippen LogP contribution in [-0.4, -0.2) is 22.8 Å². The van der Waals surface area contributed by atoms with Gasteiger partial charge in [-0.1, -0.05) is 64.2 Å². The van der Waals surface area contributed by atoms with Crippen molar-refractivity contribution in [2.45, 2.75) is 128 Å². The molecule has 0 aromatic rings. The first-order chi connectivity index (χ1) is 13.4. The number of carbonyl (C=O) groups excluding carboxylic acids is 1. The van der Waals surface area contributed by atoms with Gasteiger partial charge in [0.25, 0.3) is 0 Å². The summed E-state index contributed by atoms with van der Waals surface area (Å²) in [6.45, 7) is 0. The Morgan fingerprint density at radius 3 is 1.54 bits per heavy atom. The van der Waals surface area contributed by atoms with E-state index in [1.807, 2.05) is 0 Å². The van der Waals surface area contributed by atoms with Crippen molar-refractivity contribution in [3.63, 3.8) is 0 Å². The Morgan fingerprint density at radius 2 is 1.11 bits per heavy atom. The van der Waals surface area contributed by atoms with Crippen LogP contribution in [0.2, 0.25) is 0 Å². The fourth-order valence-electron chi connectivity index (χ4n) is 4.09. The van der Waals surface area contributed by atoms with E-state index >= 15 is 0 Å². The van der Waals surface area contributed by atoms with Crippen LogP contribution in [0.1, 0.15) is 122 Å². The highest BCUT2D eigenvalue weighted by atomic mass is 19.3. The van der Waals surface area contributed by atoms with Gasteiger partial charge in [-0.15, -0.1) is 0 Å². The summed E-state index contributed by atoms with van der Waals surface area (Å²) in [5.74, 6) is -2.74. The van der Waals surface area contributed by atoms with E-state index in [4.69, 9.17) is 5.11 Å². The molecule has 1 aliphatic carbocycles. The lowest BCUT2D eigenvalue weighted by atomic mass is 9.83. The number of carboxylic acid groups (broad SMARTS) is 1. The van der Waals surface area contributed by atoms with Crippen molar-refractivity contribution in [2.24, 2.45) is 5.92 Å². The van der Waals surface area contributed by atoms with E-state index in [-0.39, 0.29) is 24.5 Å². The van der Waals surface area contributed by atoms with Gasteiger partial charge in [-0.3, -0.25) is 9.59 Å². The summed E-state index contributed by atoms with van der Waals surface area (Å²) >= 11 is 0. The smallest absolute Gasteiger partial charge is 0.303 e. The number of alkyl halides is 2. The fraction of sp³-hybridized carbons (Fsp3) is 0.913. The molecule has 0 aliphatic heterocycles. The van der Waals surface area contributed by atoms with E-state index in [0.717, 1.165) is 32.1 Å². The lowest BCUT2D eigenvalue weighted by Crippen LogP contribution is -2.25. The highest BCUT2D eigenvalue weighted by Crippen LogP contribution is 2.37. The van der Waals surface area contributed by atoms with Crippen molar-refractivity contribution in [1.29, 1.82) is 0 Å². The van der Waals surface area contributed by atoms with Crippen molar-refractivity contribution < 1.29 is 23.5 Å². The van der Waals surface area contributed by atoms with Crippen LogP contribution in [-0.2, 0) is 9.59 Å². The molecule has 1 fully saturated rings. The summed E-state index contributed by atoms with van der Waals surface area (Å²) in [5.41, 5.74) is 0. The number of aliphatic carboxylic acids is 1. The quantitative estimate of drug-likeness (QED) is 0.259. The fourth-order valence-corrected chi connectivity index (χ4v) is 4.09. The number of carboxylic acids is 1. The zero-order chi connectivity index (χ0) is 20.7. The molecule has 28 heavy (non-hydrogen) atoms. The number of hydrogen-bond acceptors (Lipinski definition) is 2. The van der Waals surface area contributed by atoms with Gasteiger partial charge in [-0.25, -0.2) is 8.78 Å². The van der Waals surface area contributed by atoms with Crippen LogP contribution in [0.15, 0.2) is 0 Å². The molecular formula is C23H40F2O3. The van der Waals surface area contributed by atoms with E-state index < -0.39 is 11.9 Å². The third-order valence-corrected chi connectivity index (χ3v) is 5.95. The molecule has 1 N–H and O–H groups in total. The number of hydrogen-bond donors (Lipinski definition) is 1. The van der Waals surface area contributed by atoms with Gasteiger partial charge in [0.15, 0.2) is 0 Å². The van der Waals surface area contributed by atoms with E-state index in [9.17, 15) is 18.4 Å². The van der Waals surface area contributed by atoms with Crippen LogP contribution < -0.4 is 0 Å². The van der Waals surface area contributed by atoms with Gasteiger partial charge in [0.2, 0.25) is 5.92 Å². The minimum absolute atomic E-state index is 0.0460. The Balaban J connectivity index is 1.80. The second kappa shape index (κ2) is 14.9. The van der Waals surface area contributed by atoms with Crippen LogP contribution in [0.5, 0.6) is 0 Å². The Hall–Kier alpha value is -1.00. The minimum Gasteiger partial charge on any atom is -0.481 e. The van der Waals surface area contributed by atoms with Gasteiger partial charge in [0.05, 0.1) is 0 Å². The molecule has 1 saturated carbocycles. The first kappa shape index (κ1) is 25.0.